The molecule has 1 N–H and O–H groups in total. The van der Waals surface area contributed by atoms with Crippen molar-refractivity contribution in [3.8, 4) is 5.75 Å². The molecule has 2 aromatic rings. The summed E-state index contributed by atoms with van der Waals surface area (Å²) in [5.41, 5.74) is 0.657. The predicted molar refractivity (Wildman–Crippen MR) is 54.9 cm³/mol. The van der Waals surface area contributed by atoms with Gasteiger partial charge in [0.25, 0.3) is 0 Å². The van der Waals surface area contributed by atoms with E-state index in [4.69, 9.17) is 0 Å². The van der Waals surface area contributed by atoms with E-state index in [1.165, 1.54) is 17.4 Å². The summed E-state index contributed by atoms with van der Waals surface area (Å²) in [5, 5.41) is 22.8. The Morgan fingerprint density at radius 3 is 2.93 bits per heavy atom. The van der Waals surface area contributed by atoms with E-state index in [2.05, 4.69) is 0 Å². The molecule has 4 nitrogen and oxygen atoms in total. The van der Waals surface area contributed by atoms with Crippen LogP contribution in [0.2, 0.25) is 0 Å². The Hall–Kier alpha value is -1.62. The molecule has 0 aliphatic rings. The van der Waals surface area contributed by atoms with Crippen LogP contribution in [-0.2, 0) is 0 Å². The van der Waals surface area contributed by atoms with Crippen LogP contribution >= 0.6 is 11.3 Å². The summed E-state index contributed by atoms with van der Waals surface area (Å²) in [7, 11) is 0. The molecular weight excluding hydrogens is 202 g/mol. The molecule has 72 valence electrons. The number of phenolic OH excluding ortho intramolecular Hbond substituents is 1. The maximum atomic E-state index is 10.7. The number of nitrogens with zero attached hydrogens (tertiary/aromatic N) is 1. The molecule has 2 rings (SSSR count). The van der Waals surface area contributed by atoms with Crippen LogP contribution in [0.1, 0.15) is 5.56 Å². The number of hydrogen-bond acceptors (Lipinski definition) is 4. The van der Waals surface area contributed by atoms with Crippen LogP contribution in [0, 0.1) is 17.0 Å². The predicted octanol–water partition coefficient (Wildman–Crippen LogP) is 2.82. The molecule has 0 atom stereocenters. The van der Waals surface area contributed by atoms with Gasteiger partial charge in [-0.05, 0) is 30.0 Å². The first-order valence-corrected chi connectivity index (χ1v) is 4.83. The van der Waals surface area contributed by atoms with Gasteiger partial charge in [0.05, 0.1) is 4.92 Å². The number of nitro benzene ring substituents is 1. The fourth-order valence-corrected chi connectivity index (χ4v) is 2.43. The summed E-state index contributed by atoms with van der Waals surface area (Å²) < 4.78 is 0.535. The number of rotatable bonds is 1. The standard InChI is InChI=1S/C9H7NO3S/c1-5-4-7(11)8(10(12)13)9-6(5)2-3-14-9/h2-4,11H,1H3. The summed E-state index contributed by atoms with van der Waals surface area (Å²) in [6, 6.07) is 3.24. The molecule has 0 radical (unpaired) electrons. The van der Waals surface area contributed by atoms with Crippen molar-refractivity contribution < 1.29 is 10.0 Å². The van der Waals surface area contributed by atoms with E-state index in [0.29, 0.717) is 4.70 Å². The summed E-state index contributed by atoms with van der Waals surface area (Å²) in [5.74, 6) is -0.262. The highest BCUT2D eigenvalue weighted by Gasteiger charge is 2.20. The van der Waals surface area contributed by atoms with E-state index in [9.17, 15) is 15.2 Å². The molecule has 5 heteroatoms. The van der Waals surface area contributed by atoms with Crippen LogP contribution in [0.3, 0.4) is 0 Å². The monoisotopic (exact) mass is 209 g/mol. The van der Waals surface area contributed by atoms with Crippen LogP contribution in [0.25, 0.3) is 10.1 Å². The number of phenols is 1. The molecule has 0 aliphatic carbocycles. The molecule has 0 amide bonds. The Morgan fingerprint density at radius 2 is 2.29 bits per heavy atom. The Morgan fingerprint density at radius 1 is 1.57 bits per heavy atom. The quantitative estimate of drug-likeness (QED) is 0.580. The van der Waals surface area contributed by atoms with Crippen molar-refractivity contribution in [2.45, 2.75) is 6.92 Å². The summed E-state index contributed by atoms with van der Waals surface area (Å²) >= 11 is 1.27. The largest absolute Gasteiger partial charge is 0.502 e. The number of aryl methyl sites for hydroxylation is 1. The highest BCUT2D eigenvalue weighted by molar-refractivity contribution is 7.17. The van der Waals surface area contributed by atoms with Gasteiger partial charge in [-0.25, -0.2) is 0 Å². The zero-order valence-electron chi connectivity index (χ0n) is 7.35. The summed E-state index contributed by atoms with van der Waals surface area (Å²) in [4.78, 5) is 10.1. The van der Waals surface area contributed by atoms with Crippen LogP contribution in [-0.4, -0.2) is 10.0 Å². The van der Waals surface area contributed by atoms with Crippen molar-refractivity contribution >= 4 is 27.1 Å². The van der Waals surface area contributed by atoms with Gasteiger partial charge in [-0.2, -0.15) is 0 Å². The lowest BCUT2D eigenvalue weighted by atomic mass is 10.1. The molecule has 1 aromatic carbocycles. The lowest BCUT2D eigenvalue weighted by Gasteiger charge is -2.00. The van der Waals surface area contributed by atoms with Crippen LogP contribution in [0.4, 0.5) is 5.69 Å². The number of nitro groups is 1. The molecule has 0 spiro atoms. The van der Waals surface area contributed by atoms with E-state index in [0.717, 1.165) is 10.9 Å². The Bertz CT molecular complexity index is 518. The zero-order chi connectivity index (χ0) is 10.3. The van der Waals surface area contributed by atoms with Gasteiger partial charge in [-0.3, -0.25) is 10.1 Å². The Labute approximate surface area is 83.6 Å². The number of aromatic hydroxyl groups is 1. The van der Waals surface area contributed by atoms with Crippen molar-refractivity contribution in [2.24, 2.45) is 0 Å². The number of thiophene rings is 1. The van der Waals surface area contributed by atoms with Gasteiger partial charge in [-0.1, -0.05) is 0 Å². The van der Waals surface area contributed by atoms with Gasteiger partial charge in [0, 0.05) is 5.39 Å². The number of benzene rings is 1. The maximum absolute atomic E-state index is 10.7. The lowest BCUT2D eigenvalue weighted by Crippen LogP contribution is -1.89. The van der Waals surface area contributed by atoms with E-state index >= 15 is 0 Å². The molecule has 0 saturated heterocycles. The average Bonchev–Trinajstić information content (AvgIpc) is 2.51. The second-order valence-electron chi connectivity index (χ2n) is 2.98. The van der Waals surface area contributed by atoms with Gasteiger partial charge in [0.2, 0.25) is 0 Å². The normalized spacial score (nSPS) is 10.6. The van der Waals surface area contributed by atoms with Gasteiger partial charge < -0.3 is 5.11 Å². The SMILES string of the molecule is Cc1cc(O)c([N+](=O)[O-])c2sccc12. The summed E-state index contributed by atoms with van der Waals surface area (Å²) in [6.45, 7) is 1.82. The van der Waals surface area contributed by atoms with E-state index in [-0.39, 0.29) is 11.4 Å². The molecule has 0 bridgehead atoms. The van der Waals surface area contributed by atoms with Gasteiger partial charge in [0.1, 0.15) is 4.70 Å². The van der Waals surface area contributed by atoms with Crippen LogP contribution in [0.5, 0.6) is 5.75 Å². The summed E-state index contributed by atoms with van der Waals surface area (Å²) in [6.07, 6.45) is 0. The minimum absolute atomic E-state index is 0.194. The molecule has 0 aliphatic heterocycles. The Balaban J connectivity index is 2.93. The minimum Gasteiger partial charge on any atom is -0.502 e. The maximum Gasteiger partial charge on any atom is 0.328 e. The first kappa shape index (κ1) is 8.96. The third-order valence-electron chi connectivity index (χ3n) is 2.08. The zero-order valence-corrected chi connectivity index (χ0v) is 8.17. The molecular formula is C9H7NO3S. The van der Waals surface area contributed by atoms with Crippen molar-refractivity contribution in [3.63, 3.8) is 0 Å². The van der Waals surface area contributed by atoms with Gasteiger partial charge >= 0.3 is 5.69 Å². The molecule has 0 unspecified atom stereocenters. The minimum atomic E-state index is -0.548. The second kappa shape index (κ2) is 2.95. The van der Waals surface area contributed by atoms with E-state index in [1.54, 1.807) is 5.38 Å². The number of fused-ring (bicyclic) bond motifs is 1. The first-order valence-electron chi connectivity index (χ1n) is 3.95. The van der Waals surface area contributed by atoms with Gasteiger partial charge in [-0.15, -0.1) is 11.3 Å². The van der Waals surface area contributed by atoms with Crippen molar-refractivity contribution in [2.75, 3.05) is 0 Å². The molecule has 0 saturated carbocycles. The van der Waals surface area contributed by atoms with E-state index < -0.39 is 4.92 Å². The molecule has 1 aromatic heterocycles. The second-order valence-corrected chi connectivity index (χ2v) is 3.90. The molecule has 14 heavy (non-hydrogen) atoms. The fourth-order valence-electron chi connectivity index (χ4n) is 1.45. The fraction of sp³-hybridized carbons (Fsp3) is 0.111. The van der Waals surface area contributed by atoms with Crippen molar-refractivity contribution in [1.29, 1.82) is 0 Å². The van der Waals surface area contributed by atoms with Gasteiger partial charge in [0.15, 0.2) is 5.75 Å². The van der Waals surface area contributed by atoms with E-state index in [1.807, 2.05) is 13.0 Å². The topological polar surface area (TPSA) is 63.4 Å². The third-order valence-corrected chi connectivity index (χ3v) is 3.00. The number of hydrogen-bond donors (Lipinski definition) is 1. The van der Waals surface area contributed by atoms with Crippen LogP contribution in [0.15, 0.2) is 17.5 Å². The van der Waals surface area contributed by atoms with Crippen molar-refractivity contribution in [3.05, 3.63) is 33.2 Å². The highest BCUT2D eigenvalue weighted by Crippen LogP contribution is 2.39. The third kappa shape index (κ3) is 1.13. The molecule has 1 heterocycles. The smallest absolute Gasteiger partial charge is 0.328 e. The Kier molecular flexibility index (Phi) is 1.89. The lowest BCUT2D eigenvalue weighted by molar-refractivity contribution is -0.383. The van der Waals surface area contributed by atoms with Crippen molar-refractivity contribution in [1.82, 2.24) is 0 Å². The first-order chi connectivity index (χ1) is 6.61. The highest BCUT2D eigenvalue weighted by atomic mass is 32.1. The average molecular weight is 209 g/mol. The molecule has 0 fully saturated rings. The van der Waals surface area contributed by atoms with Crippen LogP contribution < -0.4 is 0 Å².